The molecule has 0 rings (SSSR count). The van der Waals surface area contributed by atoms with E-state index in [2.05, 4.69) is 0 Å². The van der Waals surface area contributed by atoms with Crippen LogP contribution in [0.25, 0.3) is 0 Å². The zero-order chi connectivity index (χ0) is 8.85. The molecule has 0 spiro atoms. The first-order chi connectivity index (χ1) is 5.13. The minimum absolute atomic E-state index is 0.384. The lowest BCUT2D eigenvalue weighted by Gasteiger charge is -2.07. The molecule has 2 N–H and O–H groups in total. The molecule has 1 amide bonds. The van der Waals surface area contributed by atoms with E-state index >= 15 is 0 Å². The second-order valence-corrected chi connectivity index (χ2v) is 2.16. The van der Waals surface area contributed by atoms with Crippen LogP contribution >= 0.6 is 0 Å². The highest BCUT2D eigenvalue weighted by Gasteiger charge is 2.12. The Labute approximate surface area is 65.7 Å². The van der Waals surface area contributed by atoms with E-state index < -0.39 is 5.91 Å². The van der Waals surface area contributed by atoms with Gasteiger partial charge in [0.25, 0.3) is 5.91 Å². The van der Waals surface area contributed by atoms with Gasteiger partial charge in [0.1, 0.15) is 0 Å². The molecule has 0 bridgehead atoms. The van der Waals surface area contributed by atoms with Crippen molar-refractivity contribution in [3.8, 4) is 0 Å². The topological polar surface area (TPSA) is 60.8 Å². The second kappa shape index (κ2) is 4.87. The minimum Gasteiger partial charge on any atom is -0.265 e. The summed E-state index contributed by atoms with van der Waals surface area (Å²) < 4.78 is 0. The van der Waals surface area contributed by atoms with Gasteiger partial charge in [-0.2, -0.15) is 0 Å². The Kier molecular flexibility index (Phi) is 4.49. The molecule has 64 valence electrons. The van der Waals surface area contributed by atoms with Crippen molar-refractivity contribution in [2.75, 3.05) is 0 Å². The summed E-state index contributed by atoms with van der Waals surface area (Å²) in [4.78, 5) is 10.8. The van der Waals surface area contributed by atoms with Crippen LogP contribution in [-0.4, -0.2) is 21.5 Å². The van der Waals surface area contributed by atoms with Crippen molar-refractivity contribution in [1.82, 2.24) is 5.23 Å². The fourth-order valence-electron chi connectivity index (χ4n) is 0.773. The Morgan fingerprint density at radius 3 is 2.36 bits per heavy atom. The lowest BCUT2D eigenvalue weighted by molar-refractivity contribution is -0.281. The van der Waals surface area contributed by atoms with Gasteiger partial charge in [-0.05, 0) is 13.3 Å². The summed E-state index contributed by atoms with van der Waals surface area (Å²) in [6.45, 7) is 3.60. The smallest absolute Gasteiger partial charge is 0.265 e. The Balaban J connectivity index is 4.16. The second-order valence-electron chi connectivity index (χ2n) is 2.16. The molecule has 0 aromatic rings. The zero-order valence-corrected chi connectivity index (χ0v) is 6.74. The number of carbonyl (C=O) groups is 1. The first kappa shape index (κ1) is 10.1. The predicted octanol–water partition coefficient (Wildman–Crippen LogP) is 1.34. The standard InChI is InChI=1S/C7H13NO3/c1-3-5-6(4-2)7(9)8(10)11/h4,10-11H,3,5H2,1-2H3/b6-4+. The fraction of sp³-hybridized carbons (Fsp3) is 0.571. The van der Waals surface area contributed by atoms with E-state index in [9.17, 15) is 4.79 Å². The molecule has 0 aromatic heterocycles. The van der Waals surface area contributed by atoms with Gasteiger partial charge in [0.15, 0.2) is 0 Å². The van der Waals surface area contributed by atoms with Gasteiger partial charge in [-0.3, -0.25) is 15.2 Å². The summed E-state index contributed by atoms with van der Waals surface area (Å²) in [6, 6.07) is 0. The van der Waals surface area contributed by atoms with Gasteiger partial charge in [-0.25, -0.2) is 0 Å². The molecule has 0 aromatic carbocycles. The van der Waals surface area contributed by atoms with Gasteiger partial charge in [-0.1, -0.05) is 24.6 Å². The van der Waals surface area contributed by atoms with Crippen LogP contribution in [-0.2, 0) is 4.79 Å². The number of allylic oxidation sites excluding steroid dienone is 1. The SMILES string of the molecule is C/C=C(\CCC)C(=O)N(O)O. The Hall–Kier alpha value is -0.870. The average Bonchev–Trinajstić information content (AvgIpc) is 1.98. The van der Waals surface area contributed by atoms with Crippen molar-refractivity contribution in [2.45, 2.75) is 26.7 Å². The first-order valence-electron chi connectivity index (χ1n) is 3.50. The van der Waals surface area contributed by atoms with Crippen molar-refractivity contribution >= 4 is 5.91 Å². The van der Waals surface area contributed by atoms with Crippen LogP contribution in [0.1, 0.15) is 26.7 Å². The van der Waals surface area contributed by atoms with Crippen LogP contribution in [0.15, 0.2) is 11.6 Å². The molecule has 0 aliphatic rings. The van der Waals surface area contributed by atoms with E-state index in [-0.39, 0.29) is 5.23 Å². The van der Waals surface area contributed by atoms with Crippen molar-refractivity contribution in [1.29, 1.82) is 0 Å². The van der Waals surface area contributed by atoms with Gasteiger partial charge in [0.05, 0.1) is 0 Å². The third kappa shape index (κ3) is 3.15. The summed E-state index contributed by atoms with van der Waals surface area (Å²) in [5.41, 5.74) is 0.414. The maximum atomic E-state index is 10.8. The van der Waals surface area contributed by atoms with Gasteiger partial charge in [-0.15, -0.1) is 0 Å². The van der Waals surface area contributed by atoms with Crippen molar-refractivity contribution in [3.63, 3.8) is 0 Å². The Morgan fingerprint density at radius 1 is 1.55 bits per heavy atom. The Bertz CT molecular complexity index is 163. The third-order valence-corrected chi connectivity index (χ3v) is 1.32. The van der Waals surface area contributed by atoms with Crippen molar-refractivity contribution in [2.24, 2.45) is 0 Å². The van der Waals surface area contributed by atoms with E-state index in [0.717, 1.165) is 6.42 Å². The number of nitrogens with zero attached hydrogens (tertiary/aromatic N) is 1. The summed E-state index contributed by atoms with van der Waals surface area (Å²) >= 11 is 0. The number of rotatable bonds is 3. The maximum absolute atomic E-state index is 10.8. The molecule has 4 nitrogen and oxygen atoms in total. The Morgan fingerprint density at radius 2 is 2.09 bits per heavy atom. The quantitative estimate of drug-likeness (QED) is 0.371. The summed E-state index contributed by atoms with van der Waals surface area (Å²) in [5.74, 6) is -0.755. The highest BCUT2D eigenvalue weighted by molar-refractivity contribution is 5.91. The van der Waals surface area contributed by atoms with E-state index in [1.807, 2.05) is 6.92 Å². The number of carbonyl (C=O) groups excluding carboxylic acids is 1. The van der Waals surface area contributed by atoms with Crippen LogP contribution in [0.4, 0.5) is 0 Å². The summed E-state index contributed by atoms with van der Waals surface area (Å²) in [6.07, 6.45) is 2.94. The normalized spacial score (nSPS) is 11.5. The highest BCUT2D eigenvalue weighted by Crippen LogP contribution is 2.06. The maximum Gasteiger partial charge on any atom is 0.299 e. The third-order valence-electron chi connectivity index (χ3n) is 1.32. The fourth-order valence-corrected chi connectivity index (χ4v) is 0.773. The molecule has 0 saturated heterocycles. The molecule has 0 heterocycles. The molecule has 0 atom stereocenters. The van der Waals surface area contributed by atoms with Gasteiger partial charge in [0, 0.05) is 5.57 Å². The minimum atomic E-state index is -0.755. The van der Waals surface area contributed by atoms with Crippen molar-refractivity contribution < 1.29 is 15.2 Å². The van der Waals surface area contributed by atoms with Crippen molar-refractivity contribution in [3.05, 3.63) is 11.6 Å². The molecule has 0 aliphatic carbocycles. The van der Waals surface area contributed by atoms with Crippen LogP contribution < -0.4 is 0 Å². The van der Waals surface area contributed by atoms with Gasteiger partial charge < -0.3 is 0 Å². The molecule has 0 aliphatic heterocycles. The lowest BCUT2D eigenvalue weighted by Crippen LogP contribution is -2.24. The molecular weight excluding hydrogens is 146 g/mol. The monoisotopic (exact) mass is 159 g/mol. The number of hydrogen-bond donors (Lipinski definition) is 2. The predicted molar refractivity (Wildman–Crippen MR) is 39.1 cm³/mol. The largest absolute Gasteiger partial charge is 0.299 e. The summed E-state index contributed by atoms with van der Waals surface area (Å²) in [7, 11) is 0. The van der Waals surface area contributed by atoms with E-state index in [4.69, 9.17) is 10.4 Å². The molecule has 0 unspecified atom stereocenters. The molecule has 11 heavy (non-hydrogen) atoms. The van der Waals surface area contributed by atoms with Crippen LogP contribution in [0.5, 0.6) is 0 Å². The number of hydroxylamine groups is 2. The van der Waals surface area contributed by atoms with E-state index in [1.54, 1.807) is 13.0 Å². The highest BCUT2D eigenvalue weighted by atomic mass is 16.8. The van der Waals surface area contributed by atoms with Crippen LogP contribution in [0.2, 0.25) is 0 Å². The first-order valence-corrected chi connectivity index (χ1v) is 3.50. The summed E-state index contributed by atoms with van der Waals surface area (Å²) in [5, 5.41) is 16.3. The number of amides is 1. The molecule has 0 radical (unpaired) electrons. The van der Waals surface area contributed by atoms with Crippen LogP contribution in [0.3, 0.4) is 0 Å². The number of hydrogen-bond acceptors (Lipinski definition) is 3. The molecule has 0 saturated carbocycles. The van der Waals surface area contributed by atoms with Gasteiger partial charge in [0.2, 0.25) is 0 Å². The molecular formula is C7H13NO3. The van der Waals surface area contributed by atoms with E-state index in [1.165, 1.54) is 0 Å². The lowest BCUT2D eigenvalue weighted by atomic mass is 10.1. The molecule has 0 fully saturated rings. The van der Waals surface area contributed by atoms with Gasteiger partial charge >= 0.3 is 0 Å². The average molecular weight is 159 g/mol. The van der Waals surface area contributed by atoms with Crippen LogP contribution in [0, 0.1) is 0 Å². The molecule has 4 heteroatoms. The zero-order valence-electron chi connectivity index (χ0n) is 6.74. The van der Waals surface area contributed by atoms with E-state index in [0.29, 0.717) is 12.0 Å².